The molecule has 148 valence electrons. The molecule has 0 spiro atoms. The van der Waals surface area contributed by atoms with Crippen molar-refractivity contribution in [2.24, 2.45) is 0 Å². The summed E-state index contributed by atoms with van der Waals surface area (Å²) in [7, 11) is 0. The Labute approximate surface area is 164 Å². The van der Waals surface area contributed by atoms with Crippen LogP contribution in [0.4, 0.5) is 4.39 Å². The second-order valence-electron chi connectivity index (χ2n) is 7.75. The molecule has 2 saturated heterocycles. The Hall–Kier alpha value is -2.24. The van der Waals surface area contributed by atoms with Gasteiger partial charge in [-0.1, -0.05) is 60.7 Å². The normalized spacial score (nSPS) is 24.9. The smallest absolute Gasteiger partial charge is 0.347 e. The Morgan fingerprint density at radius 3 is 1.96 bits per heavy atom. The van der Waals surface area contributed by atoms with E-state index in [-0.39, 0.29) is 24.9 Å². The first-order chi connectivity index (χ1) is 13.6. The van der Waals surface area contributed by atoms with Crippen molar-refractivity contribution in [3.8, 4) is 0 Å². The van der Waals surface area contributed by atoms with E-state index in [9.17, 15) is 14.3 Å². The van der Waals surface area contributed by atoms with Crippen molar-refractivity contribution >= 4 is 5.97 Å². The molecule has 2 heterocycles. The van der Waals surface area contributed by atoms with Gasteiger partial charge in [0.15, 0.2) is 0 Å². The second-order valence-corrected chi connectivity index (χ2v) is 7.75. The van der Waals surface area contributed by atoms with Crippen molar-refractivity contribution in [1.82, 2.24) is 4.90 Å². The van der Waals surface area contributed by atoms with Crippen LogP contribution >= 0.6 is 0 Å². The lowest BCUT2D eigenvalue weighted by Gasteiger charge is -2.39. The molecule has 2 aromatic carbocycles. The molecular formula is C23H26FNO3. The number of halogens is 1. The number of hydrogen-bond donors (Lipinski definition) is 1. The average molecular weight is 383 g/mol. The van der Waals surface area contributed by atoms with Crippen LogP contribution < -0.4 is 0 Å². The maximum absolute atomic E-state index is 13.2. The predicted molar refractivity (Wildman–Crippen MR) is 104 cm³/mol. The van der Waals surface area contributed by atoms with Crippen molar-refractivity contribution in [2.75, 3.05) is 13.2 Å². The van der Waals surface area contributed by atoms with Crippen molar-refractivity contribution in [3.63, 3.8) is 0 Å². The molecule has 2 bridgehead atoms. The zero-order valence-electron chi connectivity index (χ0n) is 15.8. The van der Waals surface area contributed by atoms with Crippen LogP contribution in [0.1, 0.15) is 36.8 Å². The molecule has 0 amide bonds. The van der Waals surface area contributed by atoms with Crippen LogP contribution in [-0.4, -0.2) is 47.4 Å². The first kappa shape index (κ1) is 19.1. The lowest BCUT2D eigenvalue weighted by Crippen LogP contribution is -2.48. The quantitative estimate of drug-likeness (QED) is 0.777. The monoisotopic (exact) mass is 383 g/mol. The van der Waals surface area contributed by atoms with Gasteiger partial charge in [-0.2, -0.15) is 0 Å². The van der Waals surface area contributed by atoms with Crippen molar-refractivity contribution in [2.45, 2.75) is 49.5 Å². The Morgan fingerprint density at radius 2 is 1.50 bits per heavy atom. The van der Waals surface area contributed by atoms with Gasteiger partial charge in [0, 0.05) is 31.5 Å². The van der Waals surface area contributed by atoms with Gasteiger partial charge in [-0.25, -0.2) is 9.18 Å². The lowest BCUT2D eigenvalue weighted by molar-refractivity contribution is -0.171. The Bertz CT molecular complexity index is 745. The molecule has 28 heavy (non-hydrogen) atoms. The molecule has 2 aliphatic heterocycles. The molecule has 0 saturated carbocycles. The van der Waals surface area contributed by atoms with Crippen molar-refractivity contribution in [3.05, 3.63) is 71.8 Å². The number of piperidine rings is 1. The number of rotatable bonds is 6. The first-order valence-electron chi connectivity index (χ1n) is 9.99. The van der Waals surface area contributed by atoms with E-state index in [1.54, 1.807) is 48.5 Å². The first-order valence-corrected chi connectivity index (χ1v) is 9.99. The molecule has 2 fully saturated rings. The van der Waals surface area contributed by atoms with E-state index in [1.165, 1.54) is 0 Å². The second kappa shape index (κ2) is 8.02. The van der Waals surface area contributed by atoms with Crippen molar-refractivity contribution < 1.29 is 19.0 Å². The van der Waals surface area contributed by atoms with Crippen LogP contribution in [0.15, 0.2) is 60.7 Å². The van der Waals surface area contributed by atoms with Gasteiger partial charge in [-0.05, 0) is 24.0 Å². The third kappa shape index (κ3) is 3.45. The summed E-state index contributed by atoms with van der Waals surface area (Å²) < 4.78 is 18.7. The Kier molecular flexibility index (Phi) is 5.47. The molecule has 5 heteroatoms. The number of hydrogen-bond acceptors (Lipinski definition) is 4. The fraction of sp³-hybridized carbons (Fsp3) is 0.435. The van der Waals surface area contributed by atoms with Crippen LogP contribution in [0.25, 0.3) is 0 Å². The number of fused-ring (bicyclic) bond motifs is 2. The summed E-state index contributed by atoms with van der Waals surface area (Å²) in [5.41, 5.74) is -0.870. The number of alkyl halides is 1. The highest BCUT2D eigenvalue weighted by Crippen LogP contribution is 2.38. The van der Waals surface area contributed by atoms with Gasteiger partial charge < -0.3 is 9.84 Å². The van der Waals surface area contributed by atoms with Gasteiger partial charge in [0.2, 0.25) is 5.60 Å². The molecule has 0 aromatic heterocycles. The van der Waals surface area contributed by atoms with Crippen LogP contribution in [-0.2, 0) is 15.1 Å². The van der Waals surface area contributed by atoms with Crippen LogP contribution in [0, 0.1) is 0 Å². The molecule has 2 aromatic rings. The molecule has 4 rings (SSSR count). The maximum atomic E-state index is 13.2. The summed E-state index contributed by atoms with van der Waals surface area (Å²) in [6.45, 7) is 0.104. The van der Waals surface area contributed by atoms with Gasteiger partial charge in [-0.3, -0.25) is 4.90 Å². The SMILES string of the molecule is O=C(OC1C[C@H]2CC[C@@H](C1)N2CCF)C(O)(c1ccccc1)c1ccccc1. The third-order valence-corrected chi connectivity index (χ3v) is 6.14. The number of carbonyl (C=O) groups excluding carboxylic acids is 1. The van der Waals surface area contributed by atoms with E-state index in [2.05, 4.69) is 4.90 Å². The summed E-state index contributed by atoms with van der Waals surface area (Å²) in [6, 6.07) is 18.4. The minimum Gasteiger partial charge on any atom is -0.460 e. The largest absolute Gasteiger partial charge is 0.460 e. The average Bonchev–Trinajstić information content (AvgIpc) is 2.97. The number of carbonyl (C=O) groups is 1. The minimum absolute atomic E-state index is 0.250. The van der Waals surface area contributed by atoms with Crippen LogP contribution in [0.2, 0.25) is 0 Å². The van der Waals surface area contributed by atoms with Gasteiger partial charge >= 0.3 is 5.97 Å². The summed E-state index contributed by atoms with van der Waals surface area (Å²) in [4.78, 5) is 15.4. The number of benzene rings is 2. The maximum Gasteiger partial charge on any atom is 0.347 e. The Morgan fingerprint density at radius 1 is 1.00 bits per heavy atom. The fourth-order valence-electron chi connectivity index (χ4n) is 4.78. The van der Waals surface area contributed by atoms with Gasteiger partial charge in [-0.15, -0.1) is 0 Å². The van der Waals surface area contributed by atoms with E-state index in [0.29, 0.717) is 30.5 Å². The molecule has 2 aliphatic rings. The van der Waals surface area contributed by atoms with E-state index < -0.39 is 11.6 Å². The zero-order valence-corrected chi connectivity index (χ0v) is 15.8. The van der Waals surface area contributed by atoms with E-state index >= 15 is 0 Å². The van der Waals surface area contributed by atoms with Crippen LogP contribution in [0.3, 0.4) is 0 Å². The highest BCUT2D eigenvalue weighted by molar-refractivity contribution is 5.85. The predicted octanol–water partition coefficient (Wildman–Crippen LogP) is 3.43. The number of ether oxygens (including phenoxy) is 1. The van der Waals surface area contributed by atoms with Gasteiger partial charge in [0.25, 0.3) is 0 Å². The molecule has 3 atom stereocenters. The summed E-state index contributed by atoms with van der Waals surface area (Å²) in [5, 5.41) is 11.5. The summed E-state index contributed by atoms with van der Waals surface area (Å²) >= 11 is 0. The number of nitrogens with zero attached hydrogens (tertiary/aromatic N) is 1. The topological polar surface area (TPSA) is 49.8 Å². The fourth-order valence-corrected chi connectivity index (χ4v) is 4.78. The van der Waals surface area contributed by atoms with Crippen LogP contribution in [0.5, 0.6) is 0 Å². The Balaban J connectivity index is 1.56. The summed E-state index contributed by atoms with van der Waals surface area (Å²) in [6.07, 6.45) is 3.17. The molecule has 4 nitrogen and oxygen atoms in total. The minimum atomic E-state index is -1.85. The lowest BCUT2D eigenvalue weighted by atomic mass is 9.86. The zero-order chi connectivity index (χ0) is 19.6. The highest BCUT2D eigenvalue weighted by Gasteiger charge is 2.46. The van der Waals surface area contributed by atoms with E-state index in [1.807, 2.05) is 12.1 Å². The molecule has 1 N–H and O–H groups in total. The molecular weight excluding hydrogens is 357 g/mol. The van der Waals surface area contributed by atoms with E-state index in [0.717, 1.165) is 12.8 Å². The van der Waals surface area contributed by atoms with Gasteiger partial charge in [0.1, 0.15) is 12.8 Å². The highest BCUT2D eigenvalue weighted by atomic mass is 19.1. The van der Waals surface area contributed by atoms with Gasteiger partial charge in [0.05, 0.1) is 0 Å². The number of esters is 1. The van der Waals surface area contributed by atoms with Crippen molar-refractivity contribution in [1.29, 1.82) is 0 Å². The molecule has 1 unspecified atom stereocenters. The van der Waals surface area contributed by atoms with E-state index in [4.69, 9.17) is 4.74 Å². The molecule has 0 radical (unpaired) electrons. The third-order valence-electron chi connectivity index (χ3n) is 6.14. The standard InChI is InChI=1S/C23H26FNO3/c24-13-14-25-19-11-12-20(25)16-21(15-19)28-22(26)23(27,17-7-3-1-4-8-17)18-9-5-2-6-10-18/h1-10,19-21,27H,11-16H2/t19-,20+,21?. The molecule has 0 aliphatic carbocycles. The summed E-state index contributed by atoms with van der Waals surface area (Å²) in [5.74, 6) is -0.645. The number of aliphatic hydroxyl groups is 1.